The molecule has 134 valence electrons. The maximum Gasteiger partial charge on any atom is 0.405 e. The first-order valence-electron chi connectivity index (χ1n) is 7.57. The van der Waals surface area contributed by atoms with Gasteiger partial charge in [0.2, 0.25) is 5.91 Å². The lowest BCUT2D eigenvalue weighted by Crippen LogP contribution is -2.40. The Bertz CT molecular complexity index is 603. The summed E-state index contributed by atoms with van der Waals surface area (Å²) in [6.45, 7) is 4.05. The molecule has 0 aliphatic heterocycles. The van der Waals surface area contributed by atoms with E-state index >= 15 is 0 Å². The number of anilines is 1. The minimum Gasteiger partial charge on any atom is -0.343 e. The Kier molecular flexibility index (Phi) is 6.77. The van der Waals surface area contributed by atoms with Gasteiger partial charge in [0.1, 0.15) is 6.54 Å². The molecule has 5 nitrogen and oxygen atoms in total. The number of hydrogen-bond donors (Lipinski definition) is 3. The molecule has 4 N–H and O–H groups in total. The number of amides is 2. The molecule has 0 aliphatic carbocycles. The normalized spacial score (nSPS) is 14.0. The number of carbonyl (C=O) groups excluding carboxylic acids is 2. The van der Waals surface area contributed by atoms with Gasteiger partial charge in [0, 0.05) is 11.3 Å². The van der Waals surface area contributed by atoms with Crippen molar-refractivity contribution in [2.24, 2.45) is 11.7 Å². The van der Waals surface area contributed by atoms with Crippen LogP contribution >= 0.6 is 0 Å². The summed E-state index contributed by atoms with van der Waals surface area (Å²) < 4.78 is 36.5. The zero-order valence-electron chi connectivity index (χ0n) is 13.8. The summed E-state index contributed by atoms with van der Waals surface area (Å²) in [7, 11) is 0. The quantitative estimate of drug-likeness (QED) is 0.741. The maximum absolute atomic E-state index is 12.2. The van der Waals surface area contributed by atoms with Crippen molar-refractivity contribution >= 4 is 17.5 Å². The van der Waals surface area contributed by atoms with E-state index < -0.39 is 30.6 Å². The van der Waals surface area contributed by atoms with Crippen LogP contribution < -0.4 is 16.4 Å². The molecule has 0 saturated carbocycles. The lowest BCUT2D eigenvalue weighted by atomic mass is 9.99. The van der Waals surface area contributed by atoms with Crippen LogP contribution in [0.5, 0.6) is 0 Å². The van der Waals surface area contributed by atoms with E-state index in [0.717, 1.165) is 6.42 Å². The van der Waals surface area contributed by atoms with Gasteiger partial charge < -0.3 is 16.4 Å². The van der Waals surface area contributed by atoms with Crippen LogP contribution in [0, 0.1) is 12.8 Å². The molecule has 0 radical (unpaired) electrons. The summed E-state index contributed by atoms with van der Waals surface area (Å²) in [6.07, 6.45) is -3.76. The third-order valence-electron chi connectivity index (χ3n) is 3.77. The predicted octanol–water partition coefficient (Wildman–Crippen LogP) is 2.60. The highest BCUT2D eigenvalue weighted by Gasteiger charge is 2.28. The van der Waals surface area contributed by atoms with Gasteiger partial charge in [0.25, 0.3) is 5.91 Å². The van der Waals surface area contributed by atoms with Gasteiger partial charge in [0.15, 0.2) is 0 Å². The first-order valence-corrected chi connectivity index (χ1v) is 7.57. The average molecular weight is 345 g/mol. The van der Waals surface area contributed by atoms with Gasteiger partial charge in [-0.15, -0.1) is 0 Å². The topological polar surface area (TPSA) is 84.2 Å². The molecule has 2 unspecified atom stereocenters. The highest BCUT2D eigenvalue weighted by Crippen LogP contribution is 2.19. The number of alkyl halides is 3. The van der Waals surface area contributed by atoms with Gasteiger partial charge >= 0.3 is 6.18 Å². The van der Waals surface area contributed by atoms with Crippen molar-refractivity contribution in [3.63, 3.8) is 0 Å². The van der Waals surface area contributed by atoms with Gasteiger partial charge in [-0.3, -0.25) is 9.59 Å². The highest BCUT2D eigenvalue weighted by molar-refractivity contribution is 5.99. The molecule has 1 aromatic carbocycles. The van der Waals surface area contributed by atoms with Crippen molar-refractivity contribution in [1.29, 1.82) is 0 Å². The summed E-state index contributed by atoms with van der Waals surface area (Å²) in [5, 5.41) is 4.41. The van der Waals surface area contributed by atoms with Gasteiger partial charge in [-0.1, -0.05) is 26.3 Å². The summed E-state index contributed by atoms with van der Waals surface area (Å²) in [5.41, 5.74) is 6.89. The molecule has 1 rings (SSSR count). The molecule has 8 heteroatoms. The summed E-state index contributed by atoms with van der Waals surface area (Å²) in [4.78, 5) is 23.9. The van der Waals surface area contributed by atoms with Crippen LogP contribution in [-0.4, -0.2) is 30.6 Å². The standard InChI is InChI=1S/C16H22F3N3O2/c1-4-9(2)13(20)15(24)22-12-7-11(6-5-10(12)3)14(23)21-8-16(17,18)19/h5-7,9,13H,4,8,20H2,1-3H3,(H,21,23)(H,22,24). The van der Waals surface area contributed by atoms with Crippen LogP contribution in [0.1, 0.15) is 36.2 Å². The zero-order chi connectivity index (χ0) is 18.5. The third-order valence-corrected chi connectivity index (χ3v) is 3.77. The van der Waals surface area contributed by atoms with E-state index in [9.17, 15) is 22.8 Å². The fourth-order valence-corrected chi connectivity index (χ4v) is 1.91. The lowest BCUT2D eigenvalue weighted by Gasteiger charge is -2.19. The van der Waals surface area contributed by atoms with Crippen LogP contribution in [0.25, 0.3) is 0 Å². The van der Waals surface area contributed by atoms with Crippen LogP contribution in [0.4, 0.5) is 18.9 Å². The number of benzene rings is 1. The molecule has 0 saturated heterocycles. The maximum atomic E-state index is 12.2. The molecule has 2 amide bonds. The van der Waals surface area contributed by atoms with Gasteiger partial charge in [-0.25, -0.2) is 0 Å². The van der Waals surface area contributed by atoms with E-state index in [1.54, 1.807) is 18.3 Å². The Morgan fingerprint density at radius 3 is 2.46 bits per heavy atom. The first kappa shape index (κ1) is 20.0. The lowest BCUT2D eigenvalue weighted by molar-refractivity contribution is -0.123. The second kappa shape index (κ2) is 8.14. The fourth-order valence-electron chi connectivity index (χ4n) is 1.91. The van der Waals surface area contributed by atoms with Crippen molar-refractivity contribution in [2.45, 2.75) is 39.4 Å². The van der Waals surface area contributed by atoms with Gasteiger partial charge in [-0.2, -0.15) is 13.2 Å². The van der Waals surface area contributed by atoms with Gasteiger partial charge in [-0.05, 0) is 30.5 Å². The monoisotopic (exact) mass is 345 g/mol. The van der Waals surface area contributed by atoms with Crippen LogP contribution in [-0.2, 0) is 4.79 Å². The van der Waals surface area contributed by atoms with E-state index in [1.165, 1.54) is 12.1 Å². The number of aryl methyl sites for hydroxylation is 1. The predicted molar refractivity (Wildman–Crippen MR) is 85.6 cm³/mol. The summed E-state index contributed by atoms with van der Waals surface area (Å²) in [6, 6.07) is 3.57. The molecule has 0 aliphatic rings. The second-order valence-corrected chi connectivity index (χ2v) is 5.73. The number of halogens is 3. The van der Waals surface area contributed by atoms with Crippen molar-refractivity contribution in [3.8, 4) is 0 Å². The Hall–Kier alpha value is -2.09. The number of hydrogen-bond acceptors (Lipinski definition) is 3. The molecule has 0 fully saturated rings. The number of nitrogens with two attached hydrogens (primary N) is 1. The zero-order valence-corrected chi connectivity index (χ0v) is 13.8. The average Bonchev–Trinajstić information content (AvgIpc) is 2.52. The van der Waals surface area contributed by atoms with Crippen LogP contribution in [0.2, 0.25) is 0 Å². The molecule has 0 bridgehead atoms. The molecule has 0 spiro atoms. The van der Waals surface area contributed by atoms with Crippen molar-refractivity contribution in [2.75, 3.05) is 11.9 Å². The van der Waals surface area contributed by atoms with E-state index in [2.05, 4.69) is 5.32 Å². The number of carbonyl (C=O) groups is 2. The Labute approximate surface area is 138 Å². The summed E-state index contributed by atoms with van der Waals surface area (Å²) in [5.74, 6) is -1.29. The van der Waals surface area contributed by atoms with Crippen molar-refractivity contribution in [1.82, 2.24) is 5.32 Å². The second-order valence-electron chi connectivity index (χ2n) is 5.73. The molecule has 2 atom stereocenters. The molecule has 24 heavy (non-hydrogen) atoms. The fraction of sp³-hybridized carbons (Fsp3) is 0.500. The Balaban J connectivity index is 2.86. The van der Waals surface area contributed by atoms with E-state index in [1.807, 2.05) is 13.8 Å². The van der Waals surface area contributed by atoms with Crippen LogP contribution in [0.3, 0.4) is 0 Å². The van der Waals surface area contributed by atoms with Crippen molar-refractivity contribution < 1.29 is 22.8 Å². The first-order chi connectivity index (χ1) is 11.0. The van der Waals surface area contributed by atoms with E-state index in [-0.39, 0.29) is 11.5 Å². The summed E-state index contributed by atoms with van der Waals surface area (Å²) >= 11 is 0. The third kappa shape index (κ3) is 5.84. The molecular weight excluding hydrogens is 323 g/mol. The number of rotatable bonds is 6. The molecule has 0 aromatic heterocycles. The minimum atomic E-state index is -4.49. The molecular formula is C16H22F3N3O2. The van der Waals surface area contributed by atoms with Crippen molar-refractivity contribution in [3.05, 3.63) is 29.3 Å². The number of nitrogens with one attached hydrogen (secondary N) is 2. The van der Waals surface area contributed by atoms with Crippen LogP contribution in [0.15, 0.2) is 18.2 Å². The van der Waals surface area contributed by atoms with E-state index in [4.69, 9.17) is 5.73 Å². The Morgan fingerprint density at radius 2 is 1.92 bits per heavy atom. The van der Waals surface area contributed by atoms with Gasteiger partial charge in [0.05, 0.1) is 6.04 Å². The Morgan fingerprint density at radius 1 is 1.29 bits per heavy atom. The highest BCUT2D eigenvalue weighted by atomic mass is 19.4. The van der Waals surface area contributed by atoms with E-state index in [0.29, 0.717) is 11.3 Å². The molecule has 0 heterocycles. The molecule has 1 aromatic rings. The minimum absolute atomic E-state index is 0.0245. The largest absolute Gasteiger partial charge is 0.405 e. The SMILES string of the molecule is CCC(C)C(N)C(=O)Nc1cc(C(=O)NCC(F)(F)F)ccc1C. The smallest absolute Gasteiger partial charge is 0.343 e.